The van der Waals surface area contributed by atoms with Crippen LogP contribution < -0.4 is 4.90 Å². The van der Waals surface area contributed by atoms with E-state index in [0.717, 1.165) is 31.7 Å². The summed E-state index contributed by atoms with van der Waals surface area (Å²) < 4.78 is 26.7. The summed E-state index contributed by atoms with van der Waals surface area (Å²) in [5.74, 6) is -0.664. The molecule has 1 aromatic rings. The van der Waals surface area contributed by atoms with Crippen LogP contribution in [0.2, 0.25) is 0 Å². The van der Waals surface area contributed by atoms with Crippen LogP contribution in [0.4, 0.5) is 14.5 Å². The Morgan fingerprint density at radius 2 is 1.90 bits per heavy atom. The first kappa shape index (κ1) is 13.5. The van der Waals surface area contributed by atoms with Crippen LogP contribution in [0.1, 0.15) is 39.0 Å². The summed E-state index contributed by atoms with van der Waals surface area (Å²) in [4.78, 5) is 14.3. The summed E-state index contributed by atoms with van der Waals surface area (Å²) in [5, 5.41) is 0. The summed E-state index contributed by atoms with van der Waals surface area (Å²) in [6.45, 7) is 2.74. The number of hydrogen-bond donors (Lipinski definition) is 0. The van der Waals surface area contributed by atoms with Crippen molar-refractivity contribution in [2.75, 3.05) is 11.4 Å². The van der Waals surface area contributed by atoms with Crippen LogP contribution in [-0.2, 0) is 4.79 Å². The van der Waals surface area contributed by atoms with Crippen molar-refractivity contribution in [3.8, 4) is 0 Å². The molecule has 4 heteroatoms. The molecule has 1 aromatic carbocycles. The number of amides is 1. The van der Waals surface area contributed by atoms with E-state index in [1.807, 2.05) is 0 Å². The van der Waals surface area contributed by atoms with E-state index in [9.17, 15) is 13.6 Å². The Morgan fingerprint density at radius 1 is 1.20 bits per heavy atom. The molecule has 1 saturated heterocycles. The molecule has 1 heterocycles. The molecule has 1 amide bonds. The molecule has 20 heavy (non-hydrogen) atoms. The van der Waals surface area contributed by atoms with Crippen LogP contribution >= 0.6 is 0 Å². The van der Waals surface area contributed by atoms with Crippen molar-refractivity contribution in [1.29, 1.82) is 0 Å². The van der Waals surface area contributed by atoms with Gasteiger partial charge in [-0.3, -0.25) is 4.79 Å². The number of rotatable bonds is 1. The Kier molecular flexibility index (Phi) is 3.27. The van der Waals surface area contributed by atoms with E-state index in [-0.39, 0.29) is 11.3 Å². The molecule has 2 nitrogen and oxygen atoms in total. The molecule has 1 aliphatic carbocycles. The highest BCUT2D eigenvalue weighted by atomic mass is 19.1. The quantitative estimate of drug-likeness (QED) is 0.763. The molecule has 2 atom stereocenters. The highest BCUT2D eigenvalue weighted by Gasteiger charge is 2.48. The number of nitrogens with zero attached hydrogens (tertiary/aromatic N) is 1. The second-order valence-electron chi connectivity index (χ2n) is 6.32. The van der Waals surface area contributed by atoms with Crippen molar-refractivity contribution in [1.82, 2.24) is 0 Å². The summed E-state index contributed by atoms with van der Waals surface area (Å²) in [7, 11) is 0. The zero-order valence-electron chi connectivity index (χ0n) is 11.7. The van der Waals surface area contributed by atoms with Gasteiger partial charge in [-0.05, 0) is 37.3 Å². The lowest BCUT2D eigenvalue weighted by atomic mass is 9.69. The molecule has 2 aliphatic rings. The first-order valence-corrected chi connectivity index (χ1v) is 7.28. The van der Waals surface area contributed by atoms with E-state index in [4.69, 9.17) is 0 Å². The van der Waals surface area contributed by atoms with Gasteiger partial charge in [0.05, 0.1) is 5.41 Å². The normalized spacial score (nSPS) is 30.2. The Balaban J connectivity index is 1.88. The standard InChI is InChI=1S/C16H19F2NO/c1-11-3-2-4-16(10-11)5-6-19(15(16)20)14-8-12(17)7-13(18)9-14/h7-9,11H,2-6,10H2,1H3. The Bertz CT molecular complexity index is 525. The van der Waals surface area contributed by atoms with Crippen molar-refractivity contribution in [3.05, 3.63) is 29.8 Å². The molecular weight excluding hydrogens is 260 g/mol. The zero-order valence-corrected chi connectivity index (χ0v) is 11.7. The van der Waals surface area contributed by atoms with Crippen LogP contribution in [0.25, 0.3) is 0 Å². The minimum absolute atomic E-state index is 0.0500. The Hall–Kier alpha value is -1.45. The van der Waals surface area contributed by atoms with Gasteiger partial charge in [-0.1, -0.05) is 19.8 Å². The van der Waals surface area contributed by atoms with E-state index in [2.05, 4.69) is 6.92 Å². The van der Waals surface area contributed by atoms with Gasteiger partial charge in [-0.25, -0.2) is 8.78 Å². The molecule has 2 fully saturated rings. The van der Waals surface area contributed by atoms with Gasteiger partial charge >= 0.3 is 0 Å². The van der Waals surface area contributed by atoms with E-state index >= 15 is 0 Å². The molecule has 1 saturated carbocycles. The number of carbonyl (C=O) groups excluding carboxylic acids is 1. The average molecular weight is 279 g/mol. The largest absolute Gasteiger partial charge is 0.312 e. The summed E-state index contributed by atoms with van der Waals surface area (Å²) in [6, 6.07) is 3.32. The molecule has 0 radical (unpaired) electrons. The van der Waals surface area contributed by atoms with Gasteiger partial charge in [-0.15, -0.1) is 0 Å². The van der Waals surface area contributed by atoms with E-state index < -0.39 is 11.6 Å². The highest BCUT2D eigenvalue weighted by molar-refractivity contribution is 5.99. The number of halogens is 2. The molecule has 0 N–H and O–H groups in total. The van der Waals surface area contributed by atoms with Crippen molar-refractivity contribution >= 4 is 11.6 Å². The second kappa shape index (κ2) is 4.83. The highest BCUT2D eigenvalue weighted by Crippen LogP contribution is 2.47. The number of anilines is 1. The van der Waals surface area contributed by atoms with Crippen LogP contribution in [0.15, 0.2) is 18.2 Å². The number of carbonyl (C=O) groups is 1. The zero-order chi connectivity index (χ0) is 14.3. The number of benzene rings is 1. The summed E-state index contributed by atoms with van der Waals surface area (Å²) in [5.41, 5.74) is 0.0584. The third-order valence-electron chi connectivity index (χ3n) is 4.76. The predicted molar refractivity (Wildman–Crippen MR) is 73.4 cm³/mol. The fraction of sp³-hybridized carbons (Fsp3) is 0.562. The molecule has 2 unspecified atom stereocenters. The first-order valence-electron chi connectivity index (χ1n) is 7.28. The topological polar surface area (TPSA) is 20.3 Å². The fourth-order valence-electron chi connectivity index (χ4n) is 3.84. The van der Waals surface area contributed by atoms with Gasteiger partial charge in [0.15, 0.2) is 0 Å². The smallest absolute Gasteiger partial charge is 0.233 e. The molecule has 1 spiro atoms. The van der Waals surface area contributed by atoms with Crippen molar-refractivity contribution in [3.63, 3.8) is 0 Å². The Morgan fingerprint density at radius 3 is 2.55 bits per heavy atom. The maximum atomic E-state index is 13.3. The van der Waals surface area contributed by atoms with Gasteiger partial charge in [0.25, 0.3) is 0 Å². The fourth-order valence-corrected chi connectivity index (χ4v) is 3.84. The molecule has 0 bridgehead atoms. The van der Waals surface area contributed by atoms with Crippen LogP contribution in [0.3, 0.4) is 0 Å². The summed E-state index contributed by atoms with van der Waals surface area (Å²) >= 11 is 0. The van der Waals surface area contributed by atoms with E-state index in [1.54, 1.807) is 4.90 Å². The van der Waals surface area contributed by atoms with E-state index in [0.29, 0.717) is 18.2 Å². The molecule has 0 aromatic heterocycles. The first-order chi connectivity index (χ1) is 9.50. The predicted octanol–water partition coefficient (Wildman–Crippen LogP) is 3.90. The maximum Gasteiger partial charge on any atom is 0.233 e. The summed E-state index contributed by atoms with van der Waals surface area (Å²) in [6.07, 6.45) is 4.85. The van der Waals surface area contributed by atoms with Gasteiger partial charge in [0.1, 0.15) is 11.6 Å². The van der Waals surface area contributed by atoms with Gasteiger partial charge < -0.3 is 4.90 Å². The van der Waals surface area contributed by atoms with Crippen molar-refractivity contribution < 1.29 is 13.6 Å². The van der Waals surface area contributed by atoms with Crippen LogP contribution in [0, 0.1) is 23.0 Å². The lowest BCUT2D eigenvalue weighted by molar-refractivity contribution is -0.127. The third-order valence-corrected chi connectivity index (χ3v) is 4.76. The molecular formula is C16H19F2NO. The Labute approximate surface area is 117 Å². The lowest BCUT2D eigenvalue weighted by Gasteiger charge is -2.35. The monoisotopic (exact) mass is 279 g/mol. The van der Waals surface area contributed by atoms with Gasteiger partial charge in [0, 0.05) is 18.3 Å². The van der Waals surface area contributed by atoms with Gasteiger partial charge in [0.2, 0.25) is 5.91 Å². The minimum Gasteiger partial charge on any atom is -0.312 e. The third kappa shape index (κ3) is 2.21. The lowest BCUT2D eigenvalue weighted by Crippen LogP contribution is -2.37. The second-order valence-corrected chi connectivity index (χ2v) is 6.32. The molecule has 108 valence electrons. The van der Waals surface area contributed by atoms with Gasteiger partial charge in [-0.2, -0.15) is 0 Å². The maximum absolute atomic E-state index is 13.3. The SMILES string of the molecule is CC1CCCC2(CCN(c3cc(F)cc(F)c3)C2=O)C1. The average Bonchev–Trinajstić information content (AvgIpc) is 2.66. The van der Waals surface area contributed by atoms with E-state index in [1.165, 1.54) is 18.6 Å². The molecule has 3 rings (SSSR count). The van der Waals surface area contributed by atoms with Crippen molar-refractivity contribution in [2.45, 2.75) is 39.0 Å². The van der Waals surface area contributed by atoms with Crippen LogP contribution in [0.5, 0.6) is 0 Å². The van der Waals surface area contributed by atoms with Crippen molar-refractivity contribution in [2.24, 2.45) is 11.3 Å². The van der Waals surface area contributed by atoms with Crippen LogP contribution in [-0.4, -0.2) is 12.5 Å². The minimum atomic E-state index is -0.634. The molecule has 1 aliphatic heterocycles. The number of hydrogen-bond acceptors (Lipinski definition) is 1.